The second-order valence-corrected chi connectivity index (χ2v) is 7.63. The second-order valence-electron chi connectivity index (χ2n) is 5.70. The molecule has 0 unspecified atom stereocenters. The van der Waals surface area contributed by atoms with Crippen molar-refractivity contribution in [3.63, 3.8) is 0 Å². The van der Waals surface area contributed by atoms with Crippen molar-refractivity contribution in [2.45, 2.75) is 4.90 Å². The van der Waals surface area contributed by atoms with Crippen molar-refractivity contribution in [3.05, 3.63) is 53.6 Å². The Morgan fingerprint density at radius 2 is 1.69 bits per heavy atom. The minimum Gasteiger partial charge on any atom is -0.478 e. The molecule has 0 aromatic heterocycles. The fourth-order valence-corrected chi connectivity index (χ4v) is 4.13. The molecule has 1 N–H and O–H groups in total. The van der Waals surface area contributed by atoms with E-state index in [-0.39, 0.29) is 47.9 Å². The van der Waals surface area contributed by atoms with Gasteiger partial charge in [0.1, 0.15) is 0 Å². The average molecular weight is 383 g/mol. The lowest BCUT2D eigenvalue weighted by Gasteiger charge is -2.26. The van der Waals surface area contributed by atoms with E-state index in [9.17, 15) is 27.1 Å². The topological polar surface area (TPSA) is 83.9 Å². The summed E-state index contributed by atoms with van der Waals surface area (Å²) < 4.78 is 58.6. The highest BCUT2D eigenvalue weighted by molar-refractivity contribution is 7.89. The van der Waals surface area contributed by atoms with E-state index in [1.807, 2.05) is 0 Å². The Morgan fingerprint density at radius 3 is 2.31 bits per heavy atom. The molecule has 0 spiro atoms. The minimum atomic E-state index is -3.94. The zero-order chi connectivity index (χ0) is 18.9. The van der Waals surface area contributed by atoms with E-state index in [2.05, 4.69) is 0 Å². The molecule has 0 amide bonds. The Kier molecular flexibility index (Phi) is 5.03. The van der Waals surface area contributed by atoms with Gasteiger partial charge in [-0.2, -0.15) is 4.31 Å². The summed E-state index contributed by atoms with van der Waals surface area (Å²) in [7, 11) is -3.94. The van der Waals surface area contributed by atoms with Gasteiger partial charge in [0.25, 0.3) is 0 Å². The van der Waals surface area contributed by atoms with Crippen molar-refractivity contribution in [1.82, 2.24) is 4.31 Å². The lowest BCUT2D eigenvalue weighted by Crippen LogP contribution is -2.40. The van der Waals surface area contributed by atoms with E-state index in [1.165, 1.54) is 22.5 Å². The van der Waals surface area contributed by atoms with Crippen LogP contribution >= 0.6 is 0 Å². The number of halogens is 2. The third-order valence-electron chi connectivity index (χ3n) is 4.01. The van der Waals surface area contributed by atoms with Gasteiger partial charge in [-0.15, -0.1) is 0 Å². The number of morpholine rings is 1. The summed E-state index contributed by atoms with van der Waals surface area (Å²) in [6.45, 7) is 0.794. The summed E-state index contributed by atoms with van der Waals surface area (Å²) in [6.07, 6.45) is 0. The molecule has 138 valence electrons. The zero-order valence-corrected chi connectivity index (χ0v) is 14.3. The first-order valence-electron chi connectivity index (χ1n) is 7.71. The van der Waals surface area contributed by atoms with Gasteiger partial charge in [-0.25, -0.2) is 22.0 Å². The molecule has 0 saturated carbocycles. The van der Waals surface area contributed by atoms with Gasteiger partial charge in [0.05, 0.1) is 23.7 Å². The maximum atomic E-state index is 13.5. The second kappa shape index (κ2) is 7.10. The number of benzene rings is 2. The van der Waals surface area contributed by atoms with Crippen molar-refractivity contribution in [3.8, 4) is 11.1 Å². The van der Waals surface area contributed by atoms with E-state index < -0.39 is 27.6 Å². The van der Waals surface area contributed by atoms with Crippen LogP contribution in [0.15, 0.2) is 41.3 Å². The van der Waals surface area contributed by atoms with Crippen molar-refractivity contribution < 1.29 is 31.8 Å². The third kappa shape index (κ3) is 3.59. The number of nitrogens with zero attached hydrogens (tertiary/aromatic N) is 1. The number of ether oxygens (including phenoxy) is 1. The molecule has 0 radical (unpaired) electrons. The summed E-state index contributed by atoms with van der Waals surface area (Å²) in [5, 5.41) is 9.29. The summed E-state index contributed by atoms with van der Waals surface area (Å²) in [4.78, 5) is 11.2. The number of hydrogen-bond donors (Lipinski definition) is 1. The molecule has 0 bridgehead atoms. The molecule has 1 fully saturated rings. The molecule has 6 nitrogen and oxygen atoms in total. The Balaban J connectivity index is 2.12. The highest BCUT2D eigenvalue weighted by Crippen LogP contribution is 2.28. The van der Waals surface area contributed by atoms with E-state index in [0.717, 1.165) is 18.2 Å². The van der Waals surface area contributed by atoms with Gasteiger partial charge in [-0.1, -0.05) is 6.07 Å². The largest absolute Gasteiger partial charge is 0.478 e. The molecule has 26 heavy (non-hydrogen) atoms. The Labute approximate surface area is 148 Å². The Bertz CT molecular complexity index is 956. The van der Waals surface area contributed by atoms with E-state index in [0.29, 0.717) is 0 Å². The molecule has 1 aliphatic heterocycles. The molecule has 2 aromatic rings. The smallest absolute Gasteiger partial charge is 0.335 e. The average Bonchev–Trinajstić information content (AvgIpc) is 2.64. The molecule has 1 heterocycles. The number of sulfonamides is 1. The van der Waals surface area contributed by atoms with Crippen LogP contribution in [0.25, 0.3) is 11.1 Å². The minimum absolute atomic E-state index is 0.153. The highest BCUT2D eigenvalue weighted by atomic mass is 32.2. The molecular formula is C17H15F2NO5S. The van der Waals surface area contributed by atoms with Gasteiger partial charge < -0.3 is 9.84 Å². The zero-order valence-electron chi connectivity index (χ0n) is 13.5. The van der Waals surface area contributed by atoms with Gasteiger partial charge in [0, 0.05) is 13.1 Å². The SMILES string of the molecule is O=C(O)c1cc(-c2ccc(F)c(F)c2)cc(S(=O)(=O)N2CCOCC2)c1. The third-order valence-corrected chi connectivity index (χ3v) is 5.89. The van der Waals surface area contributed by atoms with Gasteiger partial charge in [-0.05, 0) is 41.5 Å². The highest BCUT2D eigenvalue weighted by Gasteiger charge is 2.27. The van der Waals surface area contributed by atoms with Gasteiger partial charge in [0.15, 0.2) is 11.6 Å². The van der Waals surface area contributed by atoms with Crippen LogP contribution in [-0.2, 0) is 14.8 Å². The van der Waals surface area contributed by atoms with Gasteiger partial charge in [-0.3, -0.25) is 0 Å². The predicted molar refractivity (Wildman–Crippen MR) is 88.3 cm³/mol. The van der Waals surface area contributed by atoms with Crippen molar-refractivity contribution >= 4 is 16.0 Å². The van der Waals surface area contributed by atoms with Crippen LogP contribution in [-0.4, -0.2) is 50.1 Å². The normalized spacial score (nSPS) is 15.8. The lowest BCUT2D eigenvalue weighted by molar-refractivity contribution is 0.0696. The van der Waals surface area contributed by atoms with E-state index >= 15 is 0 Å². The van der Waals surface area contributed by atoms with Gasteiger partial charge >= 0.3 is 5.97 Å². The number of carboxylic acid groups (broad SMARTS) is 1. The van der Waals surface area contributed by atoms with Crippen LogP contribution in [0.1, 0.15) is 10.4 Å². The van der Waals surface area contributed by atoms with Crippen LogP contribution in [0.4, 0.5) is 8.78 Å². The van der Waals surface area contributed by atoms with Gasteiger partial charge in [0.2, 0.25) is 10.0 Å². The first-order valence-corrected chi connectivity index (χ1v) is 9.15. The molecule has 3 rings (SSSR count). The number of carbonyl (C=O) groups is 1. The fourth-order valence-electron chi connectivity index (χ4n) is 2.65. The van der Waals surface area contributed by atoms with Crippen LogP contribution in [0, 0.1) is 11.6 Å². The molecule has 0 atom stereocenters. The van der Waals surface area contributed by atoms with Crippen LogP contribution in [0.5, 0.6) is 0 Å². The fraction of sp³-hybridized carbons (Fsp3) is 0.235. The number of carboxylic acids is 1. The van der Waals surface area contributed by atoms with Crippen molar-refractivity contribution in [1.29, 1.82) is 0 Å². The summed E-state index contributed by atoms with van der Waals surface area (Å²) in [5.41, 5.74) is 0.0696. The monoisotopic (exact) mass is 383 g/mol. The number of aromatic carboxylic acids is 1. The molecular weight excluding hydrogens is 368 g/mol. The number of rotatable bonds is 4. The summed E-state index contributed by atoms with van der Waals surface area (Å²) in [6, 6.07) is 6.56. The summed E-state index contributed by atoms with van der Waals surface area (Å²) >= 11 is 0. The Hall–Kier alpha value is -2.36. The maximum absolute atomic E-state index is 13.5. The predicted octanol–water partition coefficient (Wildman–Crippen LogP) is 2.35. The molecule has 2 aromatic carbocycles. The molecule has 1 aliphatic rings. The van der Waals surface area contributed by atoms with E-state index in [1.54, 1.807) is 0 Å². The molecule has 0 aliphatic carbocycles. The van der Waals surface area contributed by atoms with Crippen LogP contribution in [0.3, 0.4) is 0 Å². The number of hydrogen-bond acceptors (Lipinski definition) is 4. The first kappa shape index (κ1) is 18.4. The lowest BCUT2D eigenvalue weighted by atomic mass is 10.0. The van der Waals surface area contributed by atoms with E-state index in [4.69, 9.17) is 4.74 Å². The van der Waals surface area contributed by atoms with Crippen molar-refractivity contribution in [2.75, 3.05) is 26.3 Å². The summed E-state index contributed by atoms with van der Waals surface area (Å²) in [5.74, 6) is -3.49. The quantitative estimate of drug-likeness (QED) is 0.876. The molecule has 1 saturated heterocycles. The van der Waals surface area contributed by atoms with Crippen LogP contribution in [0.2, 0.25) is 0 Å². The first-order chi connectivity index (χ1) is 12.3. The van der Waals surface area contributed by atoms with Crippen LogP contribution < -0.4 is 0 Å². The molecule has 9 heteroatoms. The Morgan fingerprint density at radius 1 is 1.00 bits per heavy atom. The maximum Gasteiger partial charge on any atom is 0.335 e. The standard InChI is InChI=1S/C17H15F2NO5S/c18-15-2-1-11(10-16(15)19)12-7-13(17(21)22)9-14(8-12)26(23,24)20-3-5-25-6-4-20/h1-2,7-10H,3-6H2,(H,21,22). The van der Waals surface area contributed by atoms with Crippen molar-refractivity contribution in [2.24, 2.45) is 0 Å².